The van der Waals surface area contributed by atoms with Gasteiger partial charge in [0.25, 0.3) is 5.91 Å². The SMILES string of the molecule is CCNC(=O)c1ccc(-c2c(C)nc3c(OCc4ccccc4)cccn23)cc1F.Cl. The maximum atomic E-state index is 14.6. The van der Waals surface area contributed by atoms with Crippen LogP contribution in [0.4, 0.5) is 4.39 Å². The van der Waals surface area contributed by atoms with Crippen LogP contribution in [-0.2, 0) is 6.61 Å². The van der Waals surface area contributed by atoms with Gasteiger partial charge >= 0.3 is 0 Å². The van der Waals surface area contributed by atoms with Crippen LogP contribution >= 0.6 is 12.4 Å². The fourth-order valence-electron chi connectivity index (χ4n) is 3.45. The summed E-state index contributed by atoms with van der Waals surface area (Å²) in [6.45, 7) is 4.54. The second kappa shape index (κ2) is 9.62. The molecule has 0 aliphatic carbocycles. The molecule has 2 aromatic heterocycles. The lowest BCUT2D eigenvalue weighted by Gasteiger charge is -2.09. The minimum Gasteiger partial charge on any atom is -0.485 e. The highest BCUT2D eigenvalue weighted by Gasteiger charge is 2.17. The molecule has 31 heavy (non-hydrogen) atoms. The number of benzene rings is 2. The highest BCUT2D eigenvalue weighted by atomic mass is 35.5. The Labute approximate surface area is 186 Å². The maximum Gasteiger partial charge on any atom is 0.254 e. The minimum atomic E-state index is -0.565. The number of pyridine rings is 1. The second-order valence-electron chi connectivity index (χ2n) is 6.94. The van der Waals surface area contributed by atoms with E-state index in [0.717, 1.165) is 17.0 Å². The lowest BCUT2D eigenvalue weighted by atomic mass is 10.1. The van der Waals surface area contributed by atoms with E-state index in [9.17, 15) is 9.18 Å². The van der Waals surface area contributed by atoms with Gasteiger partial charge in [0.15, 0.2) is 11.4 Å². The predicted octanol–water partition coefficient (Wildman–Crippen LogP) is 5.20. The third kappa shape index (κ3) is 4.54. The molecular weight excluding hydrogens is 417 g/mol. The van der Waals surface area contributed by atoms with Gasteiger partial charge in [-0.1, -0.05) is 36.4 Å². The molecule has 0 spiro atoms. The number of ether oxygens (including phenoxy) is 1. The standard InChI is InChI=1S/C24H22FN3O2.ClH/c1-3-26-24(29)19-12-11-18(14-20(19)25)22-16(2)27-23-21(10-7-13-28(22)23)30-15-17-8-5-4-6-9-17;/h4-14H,3,15H2,1-2H3,(H,26,29);1H. The van der Waals surface area contributed by atoms with E-state index in [2.05, 4.69) is 10.3 Å². The van der Waals surface area contributed by atoms with Crippen molar-refractivity contribution in [2.75, 3.05) is 6.54 Å². The summed E-state index contributed by atoms with van der Waals surface area (Å²) in [5.41, 5.74) is 3.90. The number of aromatic nitrogens is 2. The Bertz CT molecular complexity index is 1210. The number of imidazole rings is 1. The zero-order chi connectivity index (χ0) is 21.1. The summed E-state index contributed by atoms with van der Waals surface area (Å²) in [6, 6.07) is 18.3. The predicted molar refractivity (Wildman–Crippen MR) is 121 cm³/mol. The van der Waals surface area contributed by atoms with Gasteiger partial charge in [-0.3, -0.25) is 9.20 Å². The molecule has 0 radical (unpaired) electrons. The van der Waals surface area contributed by atoms with Gasteiger partial charge in [-0.2, -0.15) is 0 Å². The number of hydrogen-bond acceptors (Lipinski definition) is 3. The Morgan fingerprint density at radius 1 is 1.13 bits per heavy atom. The van der Waals surface area contributed by atoms with Crippen molar-refractivity contribution in [1.29, 1.82) is 0 Å². The van der Waals surface area contributed by atoms with E-state index >= 15 is 0 Å². The number of rotatable bonds is 6. The number of halogens is 2. The number of hydrogen-bond donors (Lipinski definition) is 1. The molecule has 1 amide bonds. The number of nitrogens with one attached hydrogen (secondary N) is 1. The van der Waals surface area contributed by atoms with Gasteiger partial charge in [-0.05, 0) is 43.7 Å². The number of amides is 1. The van der Waals surface area contributed by atoms with Crippen molar-refractivity contribution in [1.82, 2.24) is 14.7 Å². The third-order valence-electron chi connectivity index (χ3n) is 4.85. The fourth-order valence-corrected chi connectivity index (χ4v) is 3.45. The Hall–Kier alpha value is -3.38. The molecule has 0 aliphatic rings. The van der Waals surface area contributed by atoms with Crippen molar-refractivity contribution >= 4 is 24.0 Å². The lowest BCUT2D eigenvalue weighted by Crippen LogP contribution is -2.23. The molecule has 0 fully saturated rings. The molecule has 5 nitrogen and oxygen atoms in total. The van der Waals surface area contributed by atoms with Crippen LogP contribution in [0, 0.1) is 12.7 Å². The first kappa shape index (κ1) is 22.3. The normalized spacial score (nSPS) is 10.5. The summed E-state index contributed by atoms with van der Waals surface area (Å²) >= 11 is 0. The van der Waals surface area contributed by atoms with E-state index in [1.165, 1.54) is 12.1 Å². The summed E-state index contributed by atoms with van der Waals surface area (Å²) in [4.78, 5) is 16.6. The Morgan fingerprint density at radius 3 is 2.61 bits per heavy atom. The van der Waals surface area contributed by atoms with E-state index < -0.39 is 11.7 Å². The van der Waals surface area contributed by atoms with Crippen molar-refractivity contribution < 1.29 is 13.9 Å². The number of carbonyl (C=O) groups is 1. The highest BCUT2D eigenvalue weighted by Crippen LogP contribution is 2.30. The summed E-state index contributed by atoms with van der Waals surface area (Å²) in [7, 11) is 0. The quantitative estimate of drug-likeness (QED) is 0.449. The van der Waals surface area contributed by atoms with E-state index in [1.807, 2.05) is 60.0 Å². The van der Waals surface area contributed by atoms with Gasteiger partial charge in [0.1, 0.15) is 12.4 Å². The fraction of sp³-hybridized carbons (Fsp3) is 0.167. The molecule has 4 rings (SSSR count). The van der Waals surface area contributed by atoms with Crippen molar-refractivity contribution in [2.24, 2.45) is 0 Å². The lowest BCUT2D eigenvalue weighted by molar-refractivity contribution is 0.0952. The van der Waals surface area contributed by atoms with Crippen LogP contribution in [0.25, 0.3) is 16.9 Å². The van der Waals surface area contributed by atoms with Gasteiger partial charge in [-0.15, -0.1) is 12.4 Å². The summed E-state index contributed by atoms with van der Waals surface area (Å²) in [6.07, 6.45) is 1.87. The molecule has 4 aromatic rings. The largest absolute Gasteiger partial charge is 0.485 e. The van der Waals surface area contributed by atoms with Gasteiger partial charge in [0.05, 0.1) is 17.0 Å². The molecule has 0 atom stereocenters. The van der Waals surface area contributed by atoms with Crippen LogP contribution in [-0.4, -0.2) is 21.8 Å². The van der Waals surface area contributed by atoms with Gasteiger partial charge < -0.3 is 10.1 Å². The third-order valence-corrected chi connectivity index (χ3v) is 4.85. The number of fused-ring (bicyclic) bond motifs is 1. The van der Waals surface area contributed by atoms with Gasteiger partial charge in [0.2, 0.25) is 0 Å². The number of carbonyl (C=O) groups excluding carboxylic acids is 1. The average Bonchev–Trinajstić information content (AvgIpc) is 3.09. The molecule has 2 heterocycles. The first-order valence-electron chi connectivity index (χ1n) is 9.81. The van der Waals surface area contributed by atoms with Crippen molar-refractivity contribution in [3.8, 4) is 17.0 Å². The molecule has 0 saturated carbocycles. The molecule has 2 aromatic carbocycles. The van der Waals surface area contributed by atoms with E-state index in [4.69, 9.17) is 4.74 Å². The van der Waals surface area contributed by atoms with Crippen LogP contribution in [0.5, 0.6) is 5.75 Å². The molecule has 0 unspecified atom stereocenters. The average molecular weight is 440 g/mol. The van der Waals surface area contributed by atoms with Crippen molar-refractivity contribution in [3.63, 3.8) is 0 Å². The summed E-state index contributed by atoms with van der Waals surface area (Å²) < 4.78 is 22.5. The van der Waals surface area contributed by atoms with Crippen molar-refractivity contribution in [3.05, 3.63) is 89.5 Å². The molecule has 0 bridgehead atoms. The molecule has 1 N–H and O–H groups in total. The van der Waals surface area contributed by atoms with Gasteiger partial charge in [0, 0.05) is 18.3 Å². The Kier molecular flexibility index (Phi) is 6.92. The van der Waals surface area contributed by atoms with Crippen LogP contribution in [0.2, 0.25) is 0 Å². The second-order valence-corrected chi connectivity index (χ2v) is 6.94. The maximum absolute atomic E-state index is 14.6. The topological polar surface area (TPSA) is 55.6 Å². The molecule has 7 heteroatoms. The first-order valence-corrected chi connectivity index (χ1v) is 9.81. The molecule has 160 valence electrons. The summed E-state index contributed by atoms with van der Waals surface area (Å²) in [5.74, 6) is -0.340. The number of nitrogens with zero attached hydrogens (tertiary/aromatic N) is 2. The zero-order valence-electron chi connectivity index (χ0n) is 17.3. The Balaban J connectivity index is 0.00000272. The summed E-state index contributed by atoms with van der Waals surface area (Å²) in [5, 5.41) is 2.62. The van der Waals surface area contributed by atoms with Crippen LogP contribution < -0.4 is 10.1 Å². The first-order chi connectivity index (χ1) is 14.6. The van der Waals surface area contributed by atoms with E-state index in [1.54, 1.807) is 13.0 Å². The monoisotopic (exact) mass is 439 g/mol. The number of aryl methyl sites for hydroxylation is 1. The van der Waals surface area contributed by atoms with E-state index in [-0.39, 0.29) is 18.0 Å². The van der Waals surface area contributed by atoms with E-state index in [0.29, 0.717) is 30.1 Å². The highest BCUT2D eigenvalue weighted by molar-refractivity contribution is 5.95. The van der Waals surface area contributed by atoms with Gasteiger partial charge in [-0.25, -0.2) is 9.37 Å². The molecule has 0 aliphatic heterocycles. The van der Waals surface area contributed by atoms with Crippen LogP contribution in [0.1, 0.15) is 28.5 Å². The van der Waals surface area contributed by atoms with Crippen LogP contribution in [0.15, 0.2) is 66.9 Å². The molecular formula is C24H23ClFN3O2. The Morgan fingerprint density at radius 2 is 1.90 bits per heavy atom. The molecule has 0 saturated heterocycles. The zero-order valence-corrected chi connectivity index (χ0v) is 18.1. The minimum absolute atomic E-state index is 0. The van der Waals surface area contributed by atoms with Crippen LogP contribution in [0.3, 0.4) is 0 Å². The smallest absolute Gasteiger partial charge is 0.254 e. The van der Waals surface area contributed by atoms with Crippen molar-refractivity contribution in [2.45, 2.75) is 20.5 Å².